The lowest BCUT2D eigenvalue weighted by molar-refractivity contribution is 0.115. The predicted molar refractivity (Wildman–Crippen MR) is 151 cm³/mol. The molecule has 0 aromatic heterocycles. The van der Waals surface area contributed by atoms with Crippen LogP contribution in [0.1, 0.15) is 54.0 Å². The van der Waals surface area contributed by atoms with E-state index < -0.39 is 19.3 Å². The van der Waals surface area contributed by atoms with E-state index in [1.807, 2.05) is 84.9 Å². The van der Waals surface area contributed by atoms with Crippen molar-refractivity contribution in [2.24, 2.45) is 5.92 Å². The van der Waals surface area contributed by atoms with Gasteiger partial charge in [-0.3, -0.25) is 9.88 Å². The lowest BCUT2D eigenvalue weighted by atomic mass is 9.95. The van der Waals surface area contributed by atoms with Gasteiger partial charge in [-0.2, -0.15) is 0 Å². The van der Waals surface area contributed by atoms with Crippen molar-refractivity contribution in [2.45, 2.75) is 44.1 Å². The molecule has 5 heteroatoms. The average molecular weight is 511 g/mol. The molecule has 1 fully saturated rings. The number of benzene rings is 4. The van der Waals surface area contributed by atoms with E-state index in [4.69, 9.17) is 4.52 Å². The molecule has 0 bridgehead atoms. The minimum atomic E-state index is -3.35. The molecular formula is C32H35N2O2P. The van der Waals surface area contributed by atoms with Crippen LogP contribution in [-0.4, -0.2) is 5.78 Å². The van der Waals surface area contributed by atoms with Crippen LogP contribution in [0, 0.1) is 5.92 Å². The van der Waals surface area contributed by atoms with Crippen LogP contribution in [0.4, 0.5) is 0 Å². The summed E-state index contributed by atoms with van der Waals surface area (Å²) in [5, 5.41) is 7.47. The summed E-state index contributed by atoms with van der Waals surface area (Å²) in [5.41, 5.74) is 4.26. The van der Waals surface area contributed by atoms with Crippen LogP contribution in [-0.2, 0) is 15.6 Å². The molecule has 0 saturated carbocycles. The molecule has 1 heterocycles. The Hall–Kier alpha value is -3.01. The van der Waals surface area contributed by atoms with Gasteiger partial charge in [0.15, 0.2) is 0 Å². The van der Waals surface area contributed by atoms with E-state index in [9.17, 15) is 0 Å². The SMILES string of the molecule is CC(C)[C@H](NCc1ccccc1)P1(=O)O[C@H](c2ccccc2)[C@H](c2ccccc2)N[C@@H]1c1ccccc1. The first-order chi connectivity index (χ1) is 18.1. The zero-order chi connectivity index (χ0) is 25.7. The maximum Gasteiger partial charge on any atom is 0.241 e. The Bertz CT molecular complexity index is 1300. The Kier molecular flexibility index (Phi) is 8.02. The van der Waals surface area contributed by atoms with Crippen molar-refractivity contribution in [1.82, 2.24) is 10.6 Å². The van der Waals surface area contributed by atoms with Gasteiger partial charge in [-0.25, -0.2) is 0 Å². The van der Waals surface area contributed by atoms with Gasteiger partial charge in [0.25, 0.3) is 0 Å². The maximum atomic E-state index is 15.3. The van der Waals surface area contributed by atoms with Gasteiger partial charge in [0, 0.05) is 6.54 Å². The third kappa shape index (κ3) is 5.63. The Morgan fingerprint density at radius 2 is 1.22 bits per heavy atom. The van der Waals surface area contributed by atoms with Crippen molar-refractivity contribution in [3.8, 4) is 0 Å². The molecule has 4 nitrogen and oxygen atoms in total. The molecule has 0 amide bonds. The van der Waals surface area contributed by atoms with E-state index in [2.05, 4.69) is 60.9 Å². The summed E-state index contributed by atoms with van der Waals surface area (Å²) in [6.07, 6.45) is -0.394. The summed E-state index contributed by atoms with van der Waals surface area (Å²) < 4.78 is 22.3. The van der Waals surface area contributed by atoms with E-state index in [0.29, 0.717) is 6.54 Å². The second-order valence-electron chi connectivity index (χ2n) is 10.0. The van der Waals surface area contributed by atoms with Gasteiger partial charge in [-0.15, -0.1) is 0 Å². The second-order valence-corrected chi connectivity index (χ2v) is 12.6. The molecule has 1 aliphatic rings. The molecule has 4 aromatic rings. The van der Waals surface area contributed by atoms with E-state index in [-0.39, 0.29) is 17.7 Å². The summed E-state index contributed by atoms with van der Waals surface area (Å²) in [4.78, 5) is 0. The fourth-order valence-corrected chi connectivity index (χ4v) is 8.56. The van der Waals surface area contributed by atoms with Crippen LogP contribution in [0.15, 0.2) is 121 Å². The summed E-state index contributed by atoms with van der Waals surface area (Å²) >= 11 is 0. The molecule has 1 aliphatic heterocycles. The topological polar surface area (TPSA) is 50.4 Å². The molecule has 37 heavy (non-hydrogen) atoms. The highest BCUT2D eigenvalue weighted by atomic mass is 31.2. The molecule has 4 aromatic carbocycles. The second kappa shape index (κ2) is 11.6. The van der Waals surface area contributed by atoms with Gasteiger partial charge in [0.1, 0.15) is 11.9 Å². The first-order valence-electron chi connectivity index (χ1n) is 13.0. The van der Waals surface area contributed by atoms with E-state index >= 15 is 4.57 Å². The summed E-state index contributed by atoms with van der Waals surface area (Å²) in [7, 11) is -3.35. The Labute approximate surface area is 220 Å². The van der Waals surface area contributed by atoms with E-state index in [1.54, 1.807) is 0 Å². The maximum absolute atomic E-state index is 15.3. The summed E-state index contributed by atoms with van der Waals surface area (Å²) in [6.45, 7) is 4.86. The van der Waals surface area contributed by atoms with Gasteiger partial charge < -0.3 is 9.84 Å². The zero-order valence-electron chi connectivity index (χ0n) is 21.4. The fourth-order valence-electron chi connectivity index (χ4n) is 5.25. The van der Waals surface area contributed by atoms with Crippen LogP contribution >= 0.6 is 7.37 Å². The summed E-state index contributed by atoms with van der Waals surface area (Å²) in [5.74, 6) is -0.699. The van der Waals surface area contributed by atoms with Gasteiger partial charge in [0.05, 0.1) is 11.8 Å². The van der Waals surface area contributed by atoms with Crippen LogP contribution < -0.4 is 10.6 Å². The number of hydrogen-bond acceptors (Lipinski definition) is 4. The fraction of sp³-hybridized carbons (Fsp3) is 0.250. The number of nitrogens with one attached hydrogen (secondary N) is 2. The van der Waals surface area contributed by atoms with Gasteiger partial charge >= 0.3 is 0 Å². The van der Waals surface area contributed by atoms with Crippen molar-refractivity contribution in [3.05, 3.63) is 144 Å². The van der Waals surface area contributed by atoms with Gasteiger partial charge in [-0.1, -0.05) is 135 Å². The van der Waals surface area contributed by atoms with Crippen LogP contribution in [0.25, 0.3) is 0 Å². The average Bonchev–Trinajstić information content (AvgIpc) is 2.95. The Balaban J connectivity index is 1.59. The third-order valence-electron chi connectivity index (χ3n) is 7.06. The normalized spacial score (nSPS) is 24.6. The quantitative estimate of drug-likeness (QED) is 0.237. The Morgan fingerprint density at radius 1 is 0.730 bits per heavy atom. The molecule has 0 radical (unpaired) electrons. The third-order valence-corrected chi connectivity index (χ3v) is 10.3. The molecule has 1 unspecified atom stereocenters. The molecule has 0 spiro atoms. The first kappa shape index (κ1) is 25.6. The minimum absolute atomic E-state index is 0.0901. The molecule has 5 atom stereocenters. The molecular weight excluding hydrogens is 475 g/mol. The largest absolute Gasteiger partial charge is 0.316 e. The van der Waals surface area contributed by atoms with Crippen LogP contribution in [0.2, 0.25) is 0 Å². The highest BCUT2D eigenvalue weighted by molar-refractivity contribution is 7.60. The van der Waals surface area contributed by atoms with Crippen molar-refractivity contribution >= 4 is 7.37 Å². The lowest BCUT2D eigenvalue weighted by Gasteiger charge is -2.47. The van der Waals surface area contributed by atoms with E-state index in [1.165, 1.54) is 0 Å². The molecule has 5 rings (SSSR count). The molecule has 190 valence electrons. The van der Waals surface area contributed by atoms with E-state index in [0.717, 1.165) is 22.3 Å². The Morgan fingerprint density at radius 3 is 1.76 bits per heavy atom. The first-order valence-corrected chi connectivity index (χ1v) is 14.8. The molecule has 2 N–H and O–H groups in total. The molecule has 0 aliphatic carbocycles. The predicted octanol–water partition coefficient (Wildman–Crippen LogP) is 7.84. The van der Waals surface area contributed by atoms with Crippen LogP contribution in [0.5, 0.6) is 0 Å². The monoisotopic (exact) mass is 510 g/mol. The number of rotatable bonds is 8. The highest BCUT2D eigenvalue weighted by Gasteiger charge is 2.52. The standard InChI is InChI=1S/C32H35N2O2P/c1-24(2)31(33-23-25-15-7-3-8-16-25)37(35)32(28-21-13-6-14-22-28)34-29(26-17-9-4-10-18-26)30(36-37)27-19-11-5-12-20-27/h3-22,24,29-34H,23H2,1-2H3/t29-,30+,31+,32-,37?/m0/s1. The van der Waals surface area contributed by atoms with Crippen molar-refractivity contribution in [2.75, 3.05) is 0 Å². The number of hydrogen-bond donors (Lipinski definition) is 2. The minimum Gasteiger partial charge on any atom is -0.316 e. The summed E-state index contributed by atoms with van der Waals surface area (Å²) in [6, 6.07) is 40.7. The lowest BCUT2D eigenvalue weighted by Crippen LogP contribution is -2.44. The van der Waals surface area contributed by atoms with Crippen molar-refractivity contribution < 1.29 is 9.09 Å². The van der Waals surface area contributed by atoms with Crippen molar-refractivity contribution in [3.63, 3.8) is 0 Å². The van der Waals surface area contributed by atoms with Gasteiger partial charge in [0.2, 0.25) is 7.37 Å². The molecule has 1 saturated heterocycles. The van der Waals surface area contributed by atoms with Crippen molar-refractivity contribution in [1.29, 1.82) is 0 Å². The zero-order valence-corrected chi connectivity index (χ0v) is 22.3. The smallest absolute Gasteiger partial charge is 0.241 e. The van der Waals surface area contributed by atoms with Gasteiger partial charge in [-0.05, 0) is 28.2 Å². The highest BCUT2D eigenvalue weighted by Crippen LogP contribution is 2.69. The van der Waals surface area contributed by atoms with Crippen LogP contribution in [0.3, 0.4) is 0 Å².